The third-order valence-corrected chi connectivity index (χ3v) is 6.23. The number of halogens is 1. The van der Waals surface area contributed by atoms with E-state index in [2.05, 4.69) is 25.3 Å². The monoisotopic (exact) mass is 458 g/mol. The summed E-state index contributed by atoms with van der Waals surface area (Å²) in [6.07, 6.45) is 2.71. The van der Waals surface area contributed by atoms with Gasteiger partial charge in [-0.1, -0.05) is 11.6 Å². The normalized spacial score (nSPS) is 17.8. The maximum absolute atomic E-state index is 12.3. The quantitative estimate of drug-likeness (QED) is 0.578. The van der Waals surface area contributed by atoms with Gasteiger partial charge in [0, 0.05) is 22.2 Å². The van der Waals surface area contributed by atoms with Crippen molar-refractivity contribution in [3.05, 3.63) is 40.4 Å². The zero-order valence-corrected chi connectivity index (χ0v) is 19.5. The number of carbonyl (C=O) groups is 1. The largest absolute Gasteiger partial charge is 0.496 e. The molecule has 4 rings (SSSR count). The number of ether oxygens (including phenoxy) is 2. The Morgan fingerprint density at radius 2 is 2.09 bits per heavy atom. The van der Waals surface area contributed by atoms with Crippen molar-refractivity contribution in [3.8, 4) is 5.75 Å². The molecule has 9 nitrogen and oxygen atoms in total. The molecule has 2 unspecified atom stereocenters. The highest BCUT2D eigenvalue weighted by atomic mass is 35.5. The van der Waals surface area contributed by atoms with Crippen molar-refractivity contribution in [1.82, 2.24) is 24.8 Å². The second-order valence-corrected chi connectivity index (χ2v) is 8.56. The van der Waals surface area contributed by atoms with Crippen molar-refractivity contribution < 1.29 is 14.3 Å². The Kier molecular flexibility index (Phi) is 6.21. The number of hydrogen-bond acceptors (Lipinski definition) is 7. The van der Waals surface area contributed by atoms with E-state index < -0.39 is 0 Å². The molecule has 2 N–H and O–H groups in total. The van der Waals surface area contributed by atoms with E-state index >= 15 is 0 Å². The van der Waals surface area contributed by atoms with Crippen LogP contribution in [-0.2, 0) is 9.53 Å². The number of aromatic amines is 1. The van der Waals surface area contributed by atoms with E-state index in [0.29, 0.717) is 28.8 Å². The highest BCUT2D eigenvalue weighted by molar-refractivity contribution is 6.31. The number of nitrogens with one attached hydrogen (secondary N) is 2. The number of benzene rings is 1. The molecule has 0 saturated carbocycles. The lowest BCUT2D eigenvalue weighted by molar-refractivity contribution is -0.151. The number of H-pyrrole nitrogens is 1. The number of morpholine rings is 1. The molecule has 10 heteroatoms. The van der Waals surface area contributed by atoms with Crippen LogP contribution in [0, 0.1) is 6.92 Å². The number of fused-ring (bicyclic) bond motifs is 1. The van der Waals surface area contributed by atoms with Gasteiger partial charge in [-0.3, -0.25) is 4.79 Å². The predicted molar refractivity (Wildman–Crippen MR) is 122 cm³/mol. The van der Waals surface area contributed by atoms with Gasteiger partial charge in [0.25, 0.3) is 0 Å². The lowest BCUT2D eigenvalue weighted by Gasteiger charge is -2.37. The molecule has 1 aliphatic rings. The van der Waals surface area contributed by atoms with Crippen LogP contribution in [0.2, 0.25) is 5.02 Å². The highest BCUT2D eigenvalue weighted by Crippen LogP contribution is 2.42. The number of amides is 1. The van der Waals surface area contributed by atoms with Crippen molar-refractivity contribution in [2.45, 2.75) is 45.9 Å². The summed E-state index contributed by atoms with van der Waals surface area (Å²) in [5.74, 6) is 1.30. The Morgan fingerprint density at radius 1 is 1.31 bits per heavy atom. The molecular weight excluding hydrogens is 432 g/mol. The summed E-state index contributed by atoms with van der Waals surface area (Å²) in [4.78, 5) is 29.9. The minimum Gasteiger partial charge on any atom is -0.496 e. The van der Waals surface area contributed by atoms with Crippen molar-refractivity contribution in [1.29, 1.82) is 0 Å². The number of anilines is 1. The van der Waals surface area contributed by atoms with Gasteiger partial charge in [0.05, 0.1) is 26.0 Å². The van der Waals surface area contributed by atoms with E-state index in [1.54, 1.807) is 13.4 Å². The number of methoxy groups -OCH3 is 1. The molecule has 0 aliphatic carbocycles. The van der Waals surface area contributed by atoms with Crippen molar-refractivity contribution in [2.24, 2.45) is 0 Å². The van der Waals surface area contributed by atoms with Gasteiger partial charge in [-0.25, -0.2) is 15.0 Å². The molecule has 2 aromatic heterocycles. The van der Waals surface area contributed by atoms with Crippen LogP contribution in [0.25, 0.3) is 11.2 Å². The molecule has 3 aromatic rings. The number of aromatic nitrogens is 4. The summed E-state index contributed by atoms with van der Waals surface area (Å²) < 4.78 is 11.8. The van der Waals surface area contributed by atoms with Crippen LogP contribution < -0.4 is 10.1 Å². The summed E-state index contributed by atoms with van der Waals surface area (Å²) in [7, 11) is 1.63. The van der Waals surface area contributed by atoms with Gasteiger partial charge in [0.2, 0.25) is 5.91 Å². The van der Waals surface area contributed by atoms with Gasteiger partial charge in [0.1, 0.15) is 30.3 Å². The fraction of sp³-hybridized carbons (Fsp3) is 0.455. The van der Waals surface area contributed by atoms with Crippen LogP contribution >= 0.6 is 11.6 Å². The van der Waals surface area contributed by atoms with Crippen LogP contribution in [0.4, 0.5) is 5.82 Å². The van der Waals surface area contributed by atoms with Crippen LogP contribution in [0.5, 0.6) is 5.75 Å². The molecule has 0 bridgehead atoms. The molecule has 1 fully saturated rings. The third-order valence-electron chi connectivity index (χ3n) is 5.83. The Morgan fingerprint density at radius 3 is 2.81 bits per heavy atom. The first kappa shape index (κ1) is 22.3. The van der Waals surface area contributed by atoms with Gasteiger partial charge in [-0.2, -0.15) is 0 Å². The Bertz CT molecular complexity index is 1150. The lowest BCUT2D eigenvalue weighted by atomic mass is 9.94. The second-order valence-electron chi connectivity index (χ2n) is 8.15. The summed E-state index contributed by atoms with van der Waals surface area (Å²) in [5, 5.41) is 4.01. The zero-order valence-electron chi connectivity index (χ0n) is 18.8. The number of rotatable bonds is 6. The minimum atomic E-state index is -0.340. The van der Waals surface area contributed by atoms with Gasteiger partial charge in [0.15, 0.2) is 11.5 Å². The molecular formula is C22H27ClN6O3. The van der Waals surface area contributed by atoms with E-state index in [4.69, 9.17) is 21.1 Å². The van der Waals surface area contributed by atoms with Crippen molar-refractivity contribution in [3.63, 3.8) is 0 Å². The second kappa shape index (κ2) is 8.91. The fourth-order valence-corrected chi connectivity index (χ4v) is 4.34. The average molecular weight is 459 g/mol. The zero-order chi connectivity index (χ0) is 23.0. The third kappa shape index (κ3) is 3.98. The van der Waals surface area contributed by atoms with E-state index in [-0.39, 0.29) is 30.7 Å². The van der Waals surface area contributed by atoms with E-state index in [1.807, 2.05) is 38.7 Å². The first-order valence-corrected chi connectivity index (χ1v) is 10.9. The van der Waals surface area contributed by atoms with Crippen LogP contribution in [0.15, 0.2) is 18.7 Å². The van der Waals surface area contributed by atoms with Crippen LogP contribution in [0.1, 0.15) is 49.6 Å². The standard InChI is InChI=1S/C22H27ClN6O3/c1-11(2)29-7-16(32-8-17(29)30)18-12(3)15(23)6-14(20(18)31-5)13(4)28-22-19-21(25-9-24-19)26-10-27-22/h6,9-11,13,16H,7-8H2,1-5H3,(H2,24,25,26,27,28). The smallest absolute Gasteiger partial charge is 0.248 e. The molecule has 1 aromatic carbocycles. The summed E-state index contributed by atoms with van der Waals surface area (Å²) in [6.45, 7) is 8.41. The molecule has 1 amide bonds. The topological polar surface area (TPSA) is 105 Å². The van der Waals surface area contributed by atoms with E-state index in [9.17, 15) is 4.79 Å². The predicted octanol–water partition coefficient (Wildman–Crippen LogP) is 3.80. The molecule has 3 heterocycles. The highest BCUT2D eigenvalue weighted by Gasteiger charge is 2.33. The maximum Gasteiger partial charge on any atom is 0.248 e. The molecule has 0 radical (unpaired) electrons. The van der Waals surface area contributed by atoms with Gasteiger partial charge in [-0.05, 0) is 39.3 Å². The molecule has 1 aliphatic heterocycles. The first-order valence-electron chi connectivity index (χ1n) is 10.5. The van der Waals surface area contributed by atoms with Crippen LogP contribution in [-0.4, -0.2) is 57.0 Å². The fourth-order valence-electron chi connectivity index (χ4n) is 4.12. The van der Waals surface area contributed by atoms with E-state index in [1.165, 1.54) is 6.33 Å². The molecule has 2 atom stereocenters. The molecule has 0 spiro atoms. The number of nitrogens with zero attached hydrogens (tertiary/aromatic N) is 4. The molecule has 1 saturated heterocycles. The average Bonchev–Trinajstić information content (AvgIpc) is 3.25. The number of carbonyl (C=O) groups excluding carboxylic acids is 1. The Hall–Kier alpha value is -2.91. The summed E-state index contributed by atoms with van der Waals surface area (Å²) in [5.41, 5.74) is 3.90. The van der Waals surface area contributed by atoms with Crippen LogP contribution in [0.3, 0.4) is 0 Å². The lowest BCUT2D eigenvalue weighted by Crippen LogP contribution is -2.46. The summed E-state index contributed by atoms with van der Waals surface area (Å²) >= 11 is 6.66. The summed E-state index contributed by atoms with van der Waals surface area (Å²) in [6, 6.07) is 1.78. The SMILES string of the molecule is COc1c(C(C)Nc2ncnc3nc[nH]c23)cc(Cl)c(C)c1C1CN(C(C)C)C(=O)CO1. The van der Waals surface area contributed by atoms with Crippen molar-refractivity contribution in [2.75, 3.05) is 25.6 Å². The molecule has 170 valence electrons. The van der Waals surface area contributed by atoms with Gasteiger partial charge in [-0.15, -0.1) is 0 Å². The Balaban J connectivity index is 1.73. The minimum absolute atomic E-state index is 0.0162. The Labute approximate surface area is 191 Å². The number of hydrogen-bond donors (Lipinski definition) is 2. The molecule has 32 heavy (non-hydrogen) atoms. The first-order chi connectivity index (χ1) is 15.3. The van der Waals surface area contributed by atoms with Gasteiger partial charge >= 0.3 is 0 Å². The van der Waals surface area contributed by atoms with E-state index in [0.717, 1.165) is 22.2 Å². The maximum atomic E-state index is 12.3. The van der Waals surface area contributed by atoms with Crippen molar-refractivity contribution >= 4 is 34.5 Å². The van der Waals surface area contributed by atoms with Gasteiger partial charge < -0.3 is 24.7 Å². The number of imidazole rings is 1.